The second kappa shape index (κ2) is 7.31. The van der Waals surface area contributed by atoms with E-state index in [9.17, 15) is 4.39 Å². The molecule has 5 nitrogen and oxygen atoms in total. The fraction of sp³-hybridized carbons (Fsp3) is 0.111. The number of methoxy groups -OCH3 is 1. The minimum absolute atomic E-state index is 0.305. The first-order chi connectivity index (χ1) is 12.0. The molecule has 1 aromatic heterocycles. The van der Waals surface area contributed by atoms with Crippen LogP contribution in [-0.2, 0) is 0 Å². The Hall–Kier alpha value is -2.93. The Balaban J connectivity index is 1.69. The van der Waals surface area contributed by atoms with Crippen molar-refractivity contribution in [2.45, 2.75) is 6.92 Å². The number of aryl methyl sites for hydroxylation is 1. The standard InChI is InChI=1S/C18H17FN4OS/c1-11-8-17(21-16-7-6-14(24-2)10-15(11)16)22-23-18(25)20-13-5-3-4-12(19)9-13/h3-10H,1-2H3,(H,21,22)(H2,20,23,25). The number of hydrazine groups is 1. The highest BCUT2D eigenvalue weighted by molar-refractivity contribution is 7.80. The van der Waals surface area contributed by atoms with E-state index in [-0.39, 0.29) is 5.82 Å². The summed E-state index contributed by atoms with van der Waals surface area (Å²) < 4.78 is 18.4. The Labute approximate surface area is 150 Å². The smallest absolute Gasteiger partial charge is 0.189 e. The molecule has 2 aromatic carbocycles. The number of benzene rings is 2. The normalized spacial score (nSPS) is 10.4. The van der Waals surface area contributed by atoms with Crippen molar-refractivity contribution in [3.05, 3.63) is 59.9 Å². The lowest BCUT2D eigenvalue weighted by molar-refractivity contribution is 0.415. The number of rotatable bonds is 4. The Morgan fingerprint density at radius 2 is 2.00 bits per heavy atom. The molecule has 1 heterocycles. The molecule has 7 heteroatoms. The maximum absolute atomic E-state index is 13.2. The number of nitrogens with zero attached hydrogens (tertiary/aromatic N) is 1. The van der Waals surface area contributed by atoms with Gasteiger partial charge >= 0.3 is 0 Å². The highest BCUT2D eigenvalue weighted by Gasteiger charge is 2.05. The van der Waals surface area contributed by atoms with Crippen LogP contribution >= 0.6 is 12.2 Å². The highest BCUT2D eigenvalue weighted by atomic mass is 32.1. The highest BCUT2D eigenvalue weighted by Crippen LogP contribution is 2.24. The van der Waals surface area contributed by atoms with Crippen LogP contribution in [0.1, 0.15) is 5.56 Å². The average Bonchev–Trinajstić information content (AvgIpc) is 2.60. The molecule has 3 N–H and O–H groups in total. The molecular weight excluding hydrogens is 339 g/mol. The van der Waals surface area contributed by atoms with E-state index < -0.39 is 0 Å². The Kier molecular flexibility index (Phi) is 4.95. The lowest BCUT2D eigenvalue weighted by Crippen LogP contribution is -2.33. The number of nitrogens with one attached hydrogen (secondary N) is 3. The van der Waals surface area contributed by atoms with Gasteiger partial charge in [0.25, 0.3) is 0 Å². The fourth-order valence-corrected chi connectivity index (χ4v) is 2.58. The van der Waals surface area contributed by atoms with Gasteiger partial charge in [0.1, 0.15) is 17.4 Å². The van der Waals surface area contributed by atoms with Crippen molar-refractivity contribution in [1.29, 1.82) is 0 Å². The molecule has 128 valence electrons. The molecule has 0 atom stereocenters. The molecule has 0 bridgehead atoms. The molecule has 0 radical (unpaired) electrons. The van der Waals surface area contributed by atoms with Crippen LogP contribution in [0.3, 0.4) is 0 Å². The minimum atomic E-state index is -0.331. The first-order valence-corrected chi connectivity index (χ1v) is 8.00. The number of anilines is 2. The van der Waals surface area contributed by atoms with Crippen molar-refractivity contribution in [3.63, 3.8) is 0 Å². The maximum atomic E-state index is 13.2. The molecular formula is C18H17FN4OS. The third kappa shape index (κ3) is 4.13. The van der Waals surface area contributed by atoms with Gasteiger partial charge in [0, 0.05) is 11.1 Å². The van der Waals surface area contributed by atoms with Crippen LogP contribution in [0.25, 0.3) is 10.9 Å². The lowest BCUT2D eigenvalue weighted by Gasteiger charge is -2.13. The first-order valence-electron chi connectivity index (χ1n) is 7.59. The summed E-state index contributed by atoms with van der Waals surface area (Å²) in [6.07, 6.45) is 0. The molecule has 0 fully saturated rings. The zero-order chi connectivity index (χ0) is 17.8. The lowest BCUT2D eigenvalue weighted by atomic mass is 10.1. The van der Waals surface area contributed by atoms with Crippen LogP contribution < -0.4 is 20.9 Å². The van der Waals surface area contributed by atoms with Gasteiger partial charge in [-0.15, -0.1) is 0 Å². The predicted molar refractivity (Wildman–Crippen MR) is 102 cm³/mol. The van der Waals surface area contributed by atoms with E-state index in [1.807, 2.05) is 31.2 Å². The third-order valence-corrected chi connectivity index (χ3v) is 3.81. The summed E-state index contributed by atoms with van der Waals surface area (Å²) >= 11 is 5.19. The molecule has 0 aliphatic carbocycles. The molecule has 0 aliphatic heterocycles. The van der Waals surface area contributed by atoms with Crippen molar-refractivity contribution in [1.82, 2.24) is 10.4 Å². The molecule has 3 rings (SSSR count). The molecule has 0 saturated carbocycles. The molecule has 0 unspecified atom stereocenters. The number of halogens is 1. The van der Waals surface area contributed by atoms with Crippen molar-refractivity contribution >= 4 is 39.7 Å². The van der Waals surface area contributed by atoms with Crippen molar-refractivity contribution in [2.24, 2.45) is 0 Å². The molecule has 0 spiro atoms. The summed E-state index contributed by atoms with van der Waals surface area (Å²) in [5.41, 5.74) is 8.25. The van der Waals surface area contributed by atoms with Gasteiger partial charge in [-0.3, -0.25) is 10.9 Å². The summed E-state index contributed by atoms with van der Waals surface area (Å²) in [4.78, 5) is 4.53. The van der Waals surface area contributed by atoms with Gasteiger partial charge < -0.3 is 10.1 Å². The fourth-order valence-electron chi connectivity index (χ4n) is 2.41. The molecule has 0 saturated heterocycles. The van der Waals surface area contributed by atoms with E-state index in [4.69, 9.17) is 17.0 Å². The molecule has 0 amide bonds. The molecule has 25 heavy (non-hydrogen) atoms. The van der Waals surface area contributed by atoms with E-state index >= 15 is 0 Å². The first kappa shape index (κ1) is 16.9. The number of ether oxygens (including phenoxy) is 1. The SMILES string of the molecule is COc1ccc2nc(NNC(=S)Nc3cccc(F)c3)cc(C)c2c1. The van der Waals surface area contributed by atoms with Crippen molar-refractivity contribution in [2.75, 3.05) is 17.9 Å². The van der Waals surface area contributed by atoms with Gasteiger partial charge in [-0.1, -0.05) is 6.07 Å². The largest absolute Gasteiger partial charge is 0.497 e. The topological polar surface area (TPSA) is 58.2 Å². The van der Waals surface area contributed by atoms with Gasteiger partial charge in [-0.25, -0.2) is 9.37 Å². The zero-order valence-corrected chi connectivity index (χ0v) is 14.6. The number of pyridine rings is 1. The number of hydrogen-bond acceptors (Lipinski definition) is 4. The van der Waals surface area contributed by atoms with E-state index in [1.165, 1.54) is 12.1 Å². The summed E-state index contributed by atoms with van der Waals surface area (Å²) in [6, 6.07) is 13.7. The number of fused-ring (bicyclic) bond motifs is 1. The Morgan fingerprint density at radius 1 is 1.16 bits per heavy atom. The summed E-state index contributed by atoms with van der Waals surface area (Å²) in [7, 11) is 1.64. The summed E-state index contributed by atoms with van der Waals surface area (Å²) in [5, 5.41) is 4.22. The third-order valence-electron chi connectivity index (χ3n) is 3.61. The maximum Gasteiger partial charge on any atom is 0.189 e. The summed E-state index contributed by atoms with van der Waals surface area (Å²) in [5.74, 6) is 1.08. The zero-order valence-electron chi connectivity index (χ0n) is 13.8. The number of hydrogen-bond donors (Lipinski definition) is 3. The predicted octanol–water partition coefficient (Wildman–Crippen LogP) is 4.00. The van der Waals surface area contributed by atoms with Gasteiger partial charge in [0.05, 0.1) is 12.6 Å². The Morgan fingerprint density at radius 3 is 2.76 bits per heavy atom. The average molecular weight is 356 g/mol. The molecule has 0 aliphatic rings. The van der Waals surface area contributed by atoms with Crippen LogP contribution in [-0.4, -0.2) is 17.2 Å². The van der Waals surface area contributed by atoms with E-state index in [0.717, 1.165) is 22.2 Å². The van der Waals surface area contributed by atoms with Crippen LogP contribution in [0.4, 0.5) is 15.9 Å². The summed E-state index contributed by atoms with van der Waals surface area (Å²) in [6.45, 7) is 2.00. The number of thiocarbonyl (C=S) groups is 1. The van der Waals surface area contributed by atoms with Crippen LogP contribution in [0.5, 0.6) is 5.75 Å². The molecule has 3 aromatic rings. The number of aromatic nitrogens is 1. The van der Waals surface area contributed by atoms with Gasteiger partial charge in [0.15, 0.2) is 5.11 Å². The van der Waals surface area contributed by atoms with Crippen molar-refractivity contribution < 1.29 is 9.13 Å². The van der Waals surface area contributed by atoms with Crippen LogP contribution in [0.15, 0.2) is 48.5 Å². The van der Waals surface area contributed by atoms with Gasteiger partial charge in [0.2, 0.25) is 0 Å². The van der Waals surface area contributed by atoms with Gasteiger partial charge in [-0.2, -0.15) is 0 Å². The van der Waals surface area contributed by atoms with E-state index in [0.29, 0.717) is 16.6 Å². The van der Waals surface area contributed by atoms with Crippen LogP contribution in [0.2, 0.25) is 0 Å². The Bertz CT molecular complexity index is 932. The van der Waals surface area contributed by atoms with Gasteiger partial charge in [-0.05, 0) is 67.2 Å². The monoisotopic (exact) mass is 356 g/mol. The second-order valence-electron chi connectivity index (χ2n) is 5.42. The van der Waals surface area contributed by atoms with Crippen molar-refractivity contribution in [3.8, 4) is 5.75 Å². The van der Waals surface area contributed by atoms with Crippen LogP contribution in [0, 0.1) is 12.7 Å². The minimum Gasteiger partial charge on any atom is -0.497 e. The van der Waals surface area contributed by atoms with E-state index in [2.05, 4.69) is 21.2 Å². The van der Waals surface area contributed by atoms with E-state index in [1.54, 1.807) is 19.2 Å². The second-order valence-corrected chi connectivity index (χ2v) is 5.83. The quantitative estimate of drug-likeness (QED) is 0.485.